The van der Waals surface area contributed by atoms with Crippen molar-refractivity contribution >= 4 is 39.3 Å². The summed E-state index contributed by atoms with van der Waals surface area (Å²) in [5.74, 6) is 0.961. The van der Waals surface area contributed by atoms with Gasteiger partial charge in [-0.15, -0.1) is 10.2 Å². The highest BCUT2D eigenvalue weighted by Crippen LogP contribution is 2.24. The summed E-state index contributed by atoms with van der Waals surface area (Å²) in [6.07, 6.45) is 0. The van der Waals surface area contributed by atoms with E-state index < -0.39 is 0 Å². The summed E-state index contributed by atoms with van der Waals surface area (Å²) in [5, 5.41) is 12.0. The smallest absolute Gasteiger partial charge is 0.234 e. The summed E-state index contributed by atoms with van der Waals surface area (Å²) in [6.45, 7) is 0. The van der Waals surface area contributed by atoms with Crippen LogP contribution in [0.15, 0.2) is 64.2 Å². The molecule has 1 heterocycles. The molecule has 1 amide bonds. The van der Waals surface area contributed by atoms with Crippen LogP contribution >= 0.6 is 27.7 Å². The van der Waals surface area contributed by atoms with E-state index in [0.717, 1.165) is 21.5 Å². The Balaban J connectivity index is 1.64. The molecular weight excluding hydrogens is 388 g/mol. The van der Waals surface area contributed by atoms with Gasteiger partial charge in [0.05, 0.1) is 11.4 Å². The maximum atomic E-state index is 12.1. The SMILES string of the molecule is Cn1c(SCC(=O)Nc2ccccc2Br)nnc1-c1ccccc1. The zero-order valence-electron chi connectivity index (χ0n) is 12.9. The monoisotopic (exact) mass is 402 g/mol. The Morgan fingerprint density at radius 2 is 1.83 bits per heavy atom. The highest BCUT2D eigenvalue weighted by Gasteiger charge is 2.13. The van der Waals surface area contributed by atoms with Crippen LogP contribution in [-0.4, -0.2) is 26.4 Å². The topological polar surface area (TPSA) is 59.8 Å². The van der Waals surface area contributed by atoms with Crippen molar-refractivity contribution in [2.75, 3.05) is 11.1 Å². The number of para-hydroxylation sites is 1. The van der Waals surface area contributed by atoms with Crippen molar-refractivity contribution < 1.29 is 4.79 Å². The number of carbonyl (C=O) groups is 1. The summed E-state index contributed by atoms with van der Waals surface area (Å²) in [7, 11) is 1.90. The van der Waals surface area contributed by atoms with Gasteiger partial charge in [-0.3, -0.25) is 4.79 Å². The van der Waals surface area contributed by atoms with Crippen molar-refractivity contribution in [2.45, 2.75) is 5.16 Å². The minimum atomic E-state index is -0.0869. The van der Waals surface area contributed by atoms with Gasteiger partial charge < -0.3 is 9.88 Å². The molecule has 3 aromatic rings. The Hall–Kier alpha value is -2.12. The molecule has 1 N–H and O–H groups in total. The van der Waals surface area contributed by atoms with Crippen molar-refractivity contribution in [3.05, 3.63) is 59.1 Å². The fraction of sp³-hybridized carbons (Fsp3) is 0.118. The summed E-state index contributed by atoms with van der Waals surface area (Å²) in [5.41, 5.74) is 1.75. The molecule has 122 valence electrons. The second-order valence-corrected chi connectivity index (χ2v) is 6.84. The number of hydrogen-bond donors (Lipinski definition) is 1. The lowest BCUT2D eigenvalue weighted by Gasteiger charge is -2.07. The molecule has 3 rings (SSSR count). The normalized spacial score (nSPS) is 10.6. The minimum Gasteiger partial charge on any atom is -0.324 e. The molecule has 7 heteroatoms. The van der Waals surface area contributed by atoms with E-state index in [0.29, 0.717) is 5.16 Å². The molecule has 0 spiro atoms. The lowest BCUT2D eigenvalue weighted by atomic mass is 10.2. The average Bonchev–Trinajstić information content (AvgIpc) is 2.97. The van der Waals surface area contributed by atoms with Crippen molar-refractivity contribution in [3.8, 4) is 11.4 Å². The van der Waals surface area contributed by atoms with Crippen molar-refractivity contribution in [1.29, 1.82) is 0 Å². The van der Waals surface area contributed by atoms with E-state index >= 15 is 0 Å². The number of rotatable bonds is 5. The number of benzene rings is 2. The largest absolute Gasteiger partial charge is 0.324 e. The van der Waals surface area contributed by atoms with Gasteiger partial charge in [-0.2, -0.15) is 0 Å². The highest BCUT2D eigenvalue weighted by atomic mass is 79.9. The quantitative estimate of drug-likeness (QED) is 0.655. The van der Waals surface area contributed by atoms with Gasteiger partial charge in [0.25, 0.3) is 0 Å². The Morgan fingerprint density at radius 3 is 2.58 bits per heavy atom. The van der Waals surface area contributed by atoms with Crippen LogP contribution in [0.4, 0.5) is 5.69 Å². The Morgan fingerprint density at radius 1 is 1.12 bits per heavy atom. The summed E-state index contributed by atoms with van der Waals surface area (Å²) in [6, 6.07) is 17.4. The van der Waals surface area contributed by atoms with Crippen LogP contribution in [-0.2, 0) is 11.8 Å². The Labute approximate surface area is 152 Å². The van der Waals surface area contributed by atoms with Crippen LogP contribution < -0.4 is 5.32 Å². The van der Waals surface area contributed by atoms with Crippen LogP contribution in [0.3, 0.4) is 0 Å². The van der Waals surface area contributed by atoms with E-state index in [1.165, 1.54) is 11.8 Å². The molecule has 0 fully saturated rings. The second kappa shape index (κ2) is 7.63. The lowest BCUT2D eigenvalue weighted by Crippen LogP contribution is -2.14. The molecule has 0 radical (unpaired) electrons. The third-order valence-electron chi connectivity index (χ3n) is 3.35. The molecule has 0 saturated heterocycles. The maximum Gasteiger partial charge on any atom is 0.234 e. The van der Waals surface area contributed by atoms with Crippen molar-refractivity contribution in [2.24, 2.45) is 7.05 Å². The van der Waals surface area contributed by atoms with Gasteiger partial charge in [0, 0.05) is 17.1 Å². The molecule has 0 aliphatic rings. The summed E-state index contributed by atoms with van der Waals surface area (Å²) < 4.78 is 2.75. The summed E-state index contributed by atoms with van der Waals surface area (Å²) >= 11 is 4.77. The number of thioether (sulfide) groups is 1. The number of carbonyl (C=O) groups excluding carboxylic acids is 1. The first-order chi connectivity index (χ1) is 11.6. The fourth-order valence-corrected chi connectivity index (χ4v) is 3.25. The van der Waals surface area contributed by atoms with Gasteiger partial charge >= 0.3 is 0 Å². The Kier molecular flexibility index (Phi) is 5.32. The van der Waals surface area contributed by atoms with E-state index in [1.54, 1.807) is 0 Å². The van der Waals surface area contributed by atoms with E-state index in [1.807, 2.05) is 66.2 Å². The number of aromatic nitrogens is 3. The predicted octanol–water partition coefficient (Wildman–Crippen LogP) is 3.98. The fourth-order valence-electron chi connectivity index (χ4n) is 2.16. The third kappa shape index (κ3) is 3.85. The van der Waals surface area contributed by atoms with Crippen LogP contribution in [0.1, 0.15) is 0 Å². The van der Waals surface area contributed by atoms with Gasteiger partial charge in [0.15, 0.2) is 11.0 Å². The van der Waals surface area contributed by atoms with Gasteiger partial charge in [-0.25, -0.2) is 0 Å². The maximum absolute atomic E-state index is 12.1. The molecule has 24 heavy (non-hydrogen) atoms. The first kappa shape index (κ1) is 16.7. The molecule has 0 atom stereocenters. The van der Waals surface area contributed by atoms with Crippen LogP contribution in [0.2, 0.25) is 0 Å². The number of anilines is 1. The van der Waals surface area contributed by atoms with Gasteiger partial charge in [0.2, 0.25) is 5.91 Å². The number of halogens is 1. The van der Waals surface area contributed by atoms with Crippen LogP contribution in [0.5, 0.6) is 0 Å². The number of nitrogens with zero attached hydrogens (tertiary/aromatic N) is 3. The van der Waals surface area contributed by atoms with Crippen molar-refractivity contribution in [3.63, 3.8) is 0 Å². The number of nitrogens with one attached hydrogen (secondary N) is 1. The van der Waals surface area contributed by atoms with Gasteiger partial charge in [0.1, 0.15) is 0 Å². The van der Waals surface area contributed by atoms with E-state index in [9.17, 15) is 4.79 Å². The van der Waals surface area contributed by atoms with Crippen molar-refractivity contribution in [1.82, 2.24) is 14.8 Å². The lowest BCUT2D eigenvalue weighted by molar-refractivity contribution is -0.113. The Bertz CT molecular complexity index is 851. The zero-order valence-corrected chi connectivity index (χ0v) is 15.3. The highest BCUT2D eigenvalue weighted by molar-refractivity contribution is 9.10. The molecule has 0 saturated carbocycles. The molecule has 2 aromatic carbocycles. The van der Waals surface area contributed by atoms with Crippen LogP contribution in [0.25, 0.3) is 11.4 Å². The first-order valence-electron chi connectivity index (χ1n) is 7.27. The molecule has 0 aliphatic heterocycles. The third-order valence-corrected chi connectivity index (χ3v) is 5.06. The van der Waals surface area contributed by atoms with E-state index in [4.69, 9.17) is 0 Å². The molecule has 1 aromatic heterocycles. The standard InChI is InChI=1S/C17H15BrN4OS/c1-22-16(12-7-3-2-4-8-12)20-21-17(22)24-11-15(23)19-14-10-6-5-9-13(14)18/h2-10H,11H2,1H3,(H,19,23). The second-order valence-electron chi connectivity index (χ2n) is 5.05. The summed E-state index contributed by atoms with van der Waals surface area (Å²) in [4.78, 5) is 12.1. The molecule has 0 aliphatic carbocycles. The number of hydrogen-bond acceptors (Lipinski definition) is 4. The molecule has 0 bridgehead atoms. The van der Waals surface area contributed by atoms with Gasteiger partial charge in [-0.1, -0.05) is 54.2 Å². The molecule has 0 unspecified atom stereocenters. The zero-order chi connectivity index (χ0) is 16.9. The van der Waals surface area contributed by atoms with E-state index in [2.05, 4.69) is 31.4 Å². The average molecular weight is 403 g/mol. The molecular formula is C17H15BrN4OS. The number of amides is 1. The minimum absolute atomic E-state index is 0.0869. The van der Waals surface area contributed by atoms with E-state index in [-0.39, 0.29) is 11.7 Å². The van der Waals surface area contributed by atoms with Crippen LogP contribution in [0, 0.1) is 0 Å². The molecule has 5 nitrogen and oxygen atoms in total. The first-order valence-corrected chi connectivity index (χ1v) is 9.05. The van der Waals surface area contributed by atoms with Gasteiger partial charge in [-0.05, 0) is 28.1 Å². The predicted molar refractivity (Wildman–Crippen MR) is 99.9 cm³/mol.